The van der Waals surface area contributed by atoms with Crippen LogP contribution in [0.1, 0.15) is 55.3 Å². The van der Waals surface area contributed by atoms with Gasteiger partial charge in [0.15, 0.2) is 0 Å². The first-order chi connectivity index (χ1) is 12.0. The largest absolute Gasteiger partial charge is 0.462 e. The Morgan fingerprint density at radius 2 is 2.08 bits per heavy atom. The molecule has 0 aliphatic heterocycles. The lowest BCUT2D eigenvalue weighted by Crippen LogP contribution is -2.26. The van der Waals surface area contributed by atoms with Crippen molar-refractivity contribution in [3.63, 3.8) is 0 Å². The molecule has 1 aliphatic rings. The van der Waals surface area contributed by atoms with Crippen LogP contribution in [0.25, 0.3) is 10.2 Å². The second-order valence-corrected chi connectivity index (χ2v) is 9.16. The van der Waals surface area contributed by atoms with E-state index in [0.29, 0.717) is 17.0 Å². The van der Waals surface area contributed by atoms with Gasteiger partial charge in [-0.05, 0) is 52.0 Å². The smallest absolute Gasteiger partial charge is 0.319 e. The van der Waals surface area contributed by atoms with Crippen LogP contribution in [0, 0.1) is 13.8 Å². The van der Waals surface area contributed by atoms with Crippen molar-refractivity contribution >= 4 is 39.3 Å². The van der Waals surface area contributed by atoms with Crippen molar-refractivity contribution < 1.29 is 9.53 Å². The molecule has 1 saturated carbocycles. The minimum Gasteiger partial charge on any atom is -0.462 e. The maximum Gasteiger partial charge on any atom is 0.319 e. The molecule has 7 heteroatoms. The Bertz CT molecular complexity index is 822. The lowest BCUT2D eigenvalue weighted by molar-refractivity contribution is -0.149. The van der Waals surface area contributed by atoms with Gasteiger partial charge in [0.2, 0.25) is 0 Å². The van der Waals surface area contributed by atoms with E-state index >= 15 is 0 Å². The molecule has 0 spiro atoms. The van der Waals surface area contributed by atoms with Gasteiger partial charge in [-0.1, -0.05) is 6.42 Å². The molecule has 0 amide bonds. The molecule has 2 aromatic rings. The number of nitrogens with one attached hydrogen (secondary N) is 1. The molecule has 1 atom stereocenters. The number of rotatable bonds is 5. The van der Waals surface area contributed by atoms with Crippen LogP contribution in [0.3, 0.4) is 0 Å². The van der Waals surface area contributed by atoms with Crippen LogP contribution in [0.2, 0.25) is 0 Å². The summed E-state index contributed by atoms with van der Waals surface area (Å²) in [5.41, 5.74) is 0.900. The summed E-state index contributed by atoms with van der Waals surface area (Å²) in [6.07, 6.45) is 5.56. The molecule has 0 saturated heterocycles. The maximum atomic E-state index is 12.3. The minimum atomic E-state index is -0.269. The summed E-state index contributed by atoms with van der Waals surface area (Å²) in [4.78, 5) is 33.8. The molecule has 3 rings (SSSR count). The highest BCUT2D eigenvalue weighted by Crippen LogP contribution is 2.27. The van der Waals surface area contributed by atoms with E-state index in [1.54, 1.807) is 0 Å². The number of hydrogen-bond donors (Lipinski definition) is 1. The summed E-state index contributed by atoms with van der Waals surface area (Å²) in [5.74, 6) is 0.937. The van der Waals surface area contributed by atoms with Crippen molar-refractivity contribution in [2.24, 2.45) is 0 Å². The number of carbonyl (C=O) groups is 1. The van der Waals surface area contributed by atoms with Gasteiger partial charge in [0, 0.05) is 4.88 Å². The van der Waals surface area contributed by atoms with Crippen molar-refractivity contribution in [1.29, 1.82) is 0 Å². The van der Waals surface area contributed by atoms with Crippen LogP contribution < -0.4 is 5.56 Å². The van der Waals surface area contributed by atoms with Gasteiger partial charge in [-0.25, -0.2) is 4.98 Å². The van der Waals surface area contributed by atoms with E-state index in [1.807, 2.05) is 20.8 Å². The third-order valence-corrected chi connectivity index (χ3v) is 6.96. The van der Waals surface area contributed by atoms with E-state index in [4.69, 9.17) is 4.74 Å². The fourth-order valence-electron chi connectivity index (χ4n) is 3.08. The predicted molar refractivity (Wildman–Crippen MR) is 103 cm³/mol. The van der Waals surface area contributed by atoms with Crippen molar-refractivity contribution in [3.05, 3.63) is 26.6 Å². The van der Waals surface area contributed by atoms with Crippen LogP contribution in [-0.2, 0) is 15.3 Å². The second-order valence-electron chi connectivity index (χ2n) is 6.63. The van der Waals surface area contributed by atoms with Crippen molar-refractivity contribution in [3.8, 4) is 0 Å². The zero-order valence-electron chi connectivity index (χ0n) is 14.9. The topological polar surface area (TPSA) is 72.0 Å². The van der Waals surface area contributed by atoms with Gasteiger partial charge in [-0.15, -0.1) is 23.1 Å². The third kappa shape index (κ3) is 4.26. The minimum absolute atomic E-state index is 0.0793. The van der Waals surface area contributed by atoms with E-state index in [9.17, 15) is 9.59 Å². The highest BCUT2D eigenvalue weighted by atomic mass is 32.2. The Kier molecular flexibility index (Phi) is 5.84. The molecule has 1 unspecified atom stereocenters. The third-order valence-electron chi connectivity index (χ3n) is 4.73. The molecule has 25 heavy (non-hydrogen) atoms. The van der Waals surface area contributed by atoms with Gasteiger partial charge >= 0.3 is 5.97 Å². The Labute approximate surface area is 155 Å². The zero-order chi connectivity index (χ0) is 18.0. The number of aromatic amines is 1. The fraction of sp³-hybridized carbons (Fsp3) is 0.611. The summed E-state index contributed by atoms with van der Waals surface area (Å²) in [7, 11) is 0. The number of thioether (sulfide) groups is 1. The van der Waals surface area contributed by atoms with Crippen molar-refractivity contribution in [2.45, 2.75) is 70.0 Å². The second kappa shape index (κ2) is 7.91. The number of carbonyl (C=O) groups excluding carboxylic acids is 1. The zero-order valence-corrected chi connectivity index (χ0v) is 16.5. The number of aromatic nitrogens is 2. The highest BCUT2D eigenvalue weighted by molar-refractivity contribution is 7.99. The number of fused-ring (bicyclic) bond motifs is 1. The Morgan fingerprint density at radius 1 is 1.36 bits per heavy atom. The van der Waals surface area contributed by atoms with Gasteiger partial charge in [0.25, 0.3) is 5.56 Å². The van der Waals surface area contributed by atoms with Crippen molar-refractivity contribution in [1.82, 2.24) is 9.97 Å². The Morgan fingerprint density at radius 3 is 2.80 bits per heavy atom. The number of hydrogen-bond acceptors (Lipinski definition) is 6. The van der Waals surface area contributed by atoms with E-state index < -0.39 is 0 Å². The van der Waals surface area contributed by atoms with Crippen LogP contribution in [0.15, 0.2) is 4.79 Å². The summed E-state index contributed by atoms with van der Waals surface area (Å²) in [5, 5.41) is 0.413. The molecule has 1 aliphatic carbocycles. The average molecular weight is 381 g/mol. The molecule has 2 aromatic heterocycles. The predicted octanol–water partition coefficient (Wildman–Crippen LogP) is 4.10. The summed E-state index contributed by atoms with van der Waals surface area (Å²) in [6, 6.07) is 0. The van der Waals surface area contributed by atoms with Gasteiger partial charge < -0.3 is 9.72 Å². The monoisotopic (exact) mass is 380 g/mol. The van der Waals surface area contributed by atoms with E-state index in [1.165, 1.54) is 29.5 Å². The number of esters is 1. The number of aryl methyl sites for hydroxylation is 2. The molecule has 0 aromatic carbocycles. The van der Waals surface area contributed by atoms with Crippen LogP contribution >= 0.6 is 23.1 Å². The quantitative estimate of drug-likeness (QED) is 0.791. The Balaban J connectivity index is 1.61. The van der Waals surface area contributed by atoms with Crippen LogP contribution in [0.5, 0.6) is 0 Å². The van der Waals surface area contributed by atoms with Gasteiger partial charge in [-0.2, -0.15) is 0 Å². The number of H-pyrrole nitrogens is 1. The first-order valence-corrected chi connectivity index (χ1v) is 10.6. The molecule has 2 heterocycles. The molecule has 136 valence electrons. The van der Waals surface area contributed by atoms with Gasteiger partial charge in [-0.3, -0.25) is 9.59 Å². The standard InChI is InChI=1S/C18H24N2O3S2/c1-10-11(2)25-17-15(10)16(21)19-14(20-17)9-24-12(3)18(22)23-13-7-5-4-6-8-13/h12-13H,4-9H2,1-3H3,(H,19,20,21). The summed E-state index contributed by atoms with van der Waals surface area (Å²) in [6.45, 7) is 5.80. The van der Waals surface area contributed by atoms with E-state index in [2.05, 4.69) is 9.97 Å². The fourth-order valence-corrected chi connectivity index (χ4v) is 4.87. The molecule has 1 N–H and O–H groups in total. The summed E-state index contributed by atoms with van der Waals surface area (Å²) >= 11 is 2.99. The maximum absolute atomic E-state index is 12.3. The molecule has 0 bridgehead atoms. The first kappa shape index (κ1) is 18.5. The highest BCUT2D eigenvalue weighted by Gasteiger charge is 2.22. The van der Waals surface area contributed by atoms with Gasteiger partial charge in [0.1, 0.15) is 22.0 Å². The average Bonchev–Trinajstić information content (AvgIpc) is 2.88. The van der Waals surface area contributed by atoms with Crippen molar-refractivity contribution in [2.75, 3.05) is 0 Å². The molecular weight excluding hydrogens is 356 g/mol. The molecule has 5 nitrogen and oxygen atoms in total. The van der Waals surface area contributed by atoms with Crippen LogP contribution in [0.4, 0.5) is 0 Å². The lowest BCUT2D eigenvalue weighted by atomic mass is 9.98. The summed E-state index contributed by atoms with van der Waals surface area (Å²) < 4.78 is 5.60. The number of thiophene rings is 1. The van der Waals surface area contributed by atoms with E-state index in [-0.39, 0.29) is 22.9 Å². The number of nitrogens with zero attached hydrogens (tertiary/aromatic N) is 1. The SMILES string of the molecule is Cc1sc2nc(CSC(C)C(=O)OC3CCCCC3)[nH]c(=O)c2c1C. The number of ether oxygens (including phenoxy) is 1. The normalized spacial score (nSPS) is 16.9. The van der Waals surface area contributed by atoms with Gasteiger partial charge in [0.05, 0.1) is 11.1 Å². The molecule has 1 fully saturated rings. The van der Waals surface area contributed by atoms with Crippen LogP contribution in [-0.4, -0.2) is 27.3 Å². The lowest BCUT2D eigenvalue weighted by Gasteiger charge is -2.23. The van der Waals surface area contributed by atoms with E-state index in [0.717, 1.165) is 41.0 Å². The molecular formula is C18H24N2O3S2. The first-order valence-electron chi connectivity index (χ1n) is 8.76. The molecule has 0 radical (unpaired) electrons. The Hall–Kier alpha value is -1.34.